The largest absolute Gasteiger partial charge is 0.351 e. The molecule has 0 radical (unpaired) electrons. The van der Waals surface area contributed by atoms with E-state index in [0.717, 1.165) is 51.5 Å². The summed E-state index contributed by atoms with van der Waals surface area (Å²) in [5.74, 6) is 0.754. The van der Waals surface area contributed by atoms with Crippen LogP contribution in [0.5, 0.6) is 0 Å². The molecule has 0 aromatic heterocycles. The number of hydrogen-bond donors (Lipinski definition) is 0. The molecule has 2 fully saturated rings. The van der Waals surface area contributed by atoms with Gasteiger partial charge in [0, 0.05) is 32.7 Å². The van der Waals surface area contributed by atoms with Crippen LogP contribution in [0.2, 0.25) is 0 Å². The van der Waals surface area contributed by atoms with E-state index in [1.807, 2.05) is 23.6 Å². The number of ether oxygens (including phenoxy) is 2. The fraction of sp³-hybridized carbons (Fsp3) is 0.692. The Bertz CT molecular complexity index is 767. The molecule has 6 nitrogen and oxygen atoms in total. The number of carbonyl (C=O) groups is 2. The molecule has 1 aromatic rings. The van der Waals surface area contributed by atoms with E-state index in [4.69, 9.17) is 9.47 Å². The third kappa shape index (κ3) is 5.01. The van der Waals surface area contributed by atoms with Crippen molar-refractivity contribution in [2.45, 2.75) is 83.6 Å². The molecule has 0 saturated carbocycles. The molecule has 0 N–H and O–H groups in total. The maximum atomic E-state index is 13.5. The van der Waals surface area contributed by atoms with Crippen LogP contribution in [0, 0.1) is 5.92 Å². The summed E-state index contributed by atoms with van der Waals surface area (Å²) in [4.78, 5) is 30.4. The molecule has 1 aromatic carbocycles. The molecular formula is C26H38N2O4. The first-order valence-corrected chi connectivity index (χ1v) is 12.5. The van der Waals surface area contributed by atoms with Gasteiger partial charge in [0.15, 0.2) is 6.29 Å². The van der Waals surface area contributed by atoms with Gasteiger partial charge >= 0.3 is 0 Å². The lowest BCUT2D eigenvalue weighted by molar-refractivity contribution is -0.177. The molecule has 2 saturated heterocycles. The highest BCUT2D eigenvalue weighted by molar-refractivity contribution is 5.88. The van der Waals surface area contributed by atoms with Gasteiger partial charge in [0.05, 0.1) is 6.04 Å². The molecule has 32 heavy (non-hydrogen) atoms. The highest BCUT2D eigenvalue weighted by Gasteiger charge is 2.42. The molecule has 2 aliphatic heterocycles. The Morgan fingerprint density at radius 2 is 1.59 bits per heavy atom. The number of fused-ring (bicyclic) bond motifs is 1. The number of hydrogen-bond acceptors (Lipinski definition) is 4. The van der Waals surface area contributed by atoms with Crippen molar-refractivity contribution in [2.75, 3.05) is 26.3 Å². The molecule has 2 atom stereocenters. The van der Waals surface area contributed by atoms with Crippen molar-refractivity contribution in [2.24, 2.45) is 5.92 Å². The Kier molecular flexibility index (Phi) is 7.84. The van der Waals surface area contributed by atoms with Gasteiger partial charge in [0.25, 0.3) is 0 Å². The molecule has 1 aliphatic carbocycles. The van der Waals surface area contributed by atoms with Crippen LogP contribution in [-0.2, 0) is 31.9 Å². The van der Waals surface area contributed by atoms with E-state index < -0.39 is 0 Å². The topological polar surface area (TPSA) is 59.1 Å². The Hall–Kier alpha value is -1.92. The number of nitrogens with zero attached hydrogens (tertiary/aromatic N) is 2. The minimum absolute atomic E-state index is 0.0584. The first-order valence-electron chi connectivity index (χ1n) is 12.5. The summed E-state index contributed by atoms with van der Waals surface area (Å²) in [5, 5.41) is 0. The number of benzene rings is 1. The van der Waals surface area contributed by atoms with Crippen molar-refractivity contribution in [1.29, 1.82) is 0 Å². The molecule has 2 amide bonds. The van der Waals surface area contributed by atoms with Crippen molar-refractivity contribution in [1.82, 2.24) is 9.80 Å². The second kappa shape index (κ2) is 10.8. The first-order chi connectivity index (χ1) is 15.6. The van der Waals surface area contributed by atoms with E-state index in [1.165, 1.54) is 11.1 Å². The third-order valence-electron chi connectivity index (χ3n) is 7.32. The Balaban J connectivity index is 1.34. The Morgan fingerprint density at radius 1 is 0.969 bits per heavy atom. The Labute approximate surface area is 192 Å². The molecular weight excluding hydrogens is 404 g/mol. The maximum Gasteiger partial charge on any atom is 0.245 e. The zero-order valence-electron chi connectivity index (χ0n) is 19.6. The van der Waals surface area contributed by atoms with Crippen LogP contribution in [0.3, 0.4) is 0 Å². The van der Waals surface area contributed by atoms with Gasteiger partial charge < -0.3 is 19.3 Å². The third-order valence-corrected chi connectivity index (χ3v) is 7.32. The van der Waals surface area contributed by atoms with Crippen LogP contribution in [0.1, 0.15) is 63.5 Å². The highest BCUT2D eigenvalue weighted by atomic mass is 16.7. The summed E-state index contributed by atoms with van der Waals surface area (Å²) >= 11 is 0. The van der Waals surface area contributed by atoms with Crippen molar-refractivity contribution in [3.8, 4) is 0 Å². The minimum atomic E-state index is -0.383. The van der Waals surface area contributed by atoms with E-state index in [-0.39, 0.29) is 30.2 Å². The first kappa shape index (κ1) is 23.2. The van der Waals surface area contributed by atoms with Gasteiger partial charge in [-0.3, -0.25) is 9.59 Å². The van der Waals surface area contributed by atoms with Gasteiger partial charge in [0.1, 0.15) is 6.04 Å². The second-order valence-corrected chi connectivity index (χ2v) is 9.35. The highest BCUT2D eigenvalue weighted by Crippen LogP contribution is 2.31. The van der Waals surface area contributed by atoms with Crippen LogP contribution in [0.25, 0.3) is 0 Å². The molecule has 3 aliphatic rings. The molecule has 0 bridgehead atoms. The lowest BCUT2D eigenvalue weighted by Gasteiger charge is -2.34. The molecule has 1 unspecified atom stereocenters. The summed E-state index contributed by atoms with van der Waals surface area (Å²) < 4.78 is 11.6. The average Bonchev–Trinajstić information content (AvgIpc) is 3.55. The van der Waals surface area contributed by atoms with Gasteiger partial charge in [-0.25, -0.2) is 0 Å². The lowest BCUT2D eigenvalue weighted by atomic mass is 9.99. The summed E-state index contributed by atoms with van der Waals surface area (Å²) in [6.45, 7) is 6.43. The van der Waals surface area contributed by atoms with Crippen LogP contribution in [-0.4, -0.2) is 66.3 Å². The fourth-order valence-corrected chi connectivity index (χ4v) is 5.79. The average molecular weight is 443 g/mol. The smallest absolute Gasteiger partial charge is 0.245 e. The standard InChI is InChI=1S/C26H38N2O4/c1-3-31-26(32-4-2)23-12-8-16-28(23)25(30)22-11-7-15-27(22)24(29)14-13-19-17-20-9-5-6-10-21(20)18-19/h5-6,9-10,19,22-23,26H,3-4,7-8,11-18H2,1-2H3/t22-,23?/m0/s1. The molecule has 4 rings (SSSR count). The predicted molar refractivity (Wildman–Crippen MR) is 123 cm³/mol. The van der Waals surface area contributed by atoms with Crippen molar-refractivity contribution in [3.05, 3.63) is 35.4 Å². The van der Waals surface area contributed by atoms with E-state index >= 15 is 0 Å². The normalized spacial score (nSPS) is 23.3. The number of likely N-dealkylation sites (tertiary alicyclic amines) is 2. The van der Waals surface area contributed by atoms with Crippen molar-refractivity contribution >= 4 is 11.8 Å². The zero-order chi connectivity index (χ0) is 22.5. The Morgan fingerprint density at radius 3 is 2.25 bits per heavy atom. The minimum Gasteiger partial charge on any atom is -0.351 e. The molecule has 6 heteroatoms. The van der Waals surface area contributed by atoms with Gasteiger partial charge in [-0.05, 0) is 75.8 Å². The second-order valence-electron chi connectivity index (χ2n) is 9.35. The van der Waals surface area contributed by atoms with Gasteiger partial charge in [-0.15, -0.1) is 0 Å². The number of rotatable bonds is 9. The van der Waals surface area contributed by atoms with Crippen LogP contribution < -0.4 is 0 Å². The van der Waals surface area contributed by atoms with E-state index in [0.29, 0.717) is 32.1 Å². The van der Waals surface area contributed by atoms with E-state index in [1.54, 1.807) is 0 Å². The monoisotopic (exact) mass is 442 g/mol. The van der Waals surface area contributed by atoms with Crippen LogP contribution >= 0.6 is 0 Å². The van der Waals surface area contributed by atoms with Crippen molar-refractivity contribution in [3.63, 3.8) is 0 Å². The van der Waals surface area contributed by atoms with Crippen LogP contribution in [0.4, 0.5) is 0 Å². The molecule has 2 heterocycles. The molecule has 176 valence electrons. The zero-order valence-corrected chi connectivity index (χ0v) is 19.6. The summed E-state index contributed by atoms with van der Waals surface area (Å²) in [6, 6.07) is 8.22. The molecule has 0 spiro atoms. The van der Waals surface area contributed by atoms with Gasteiger partial charge in [0.2, 0.25) is 11.8 Å². The predicted octanol–water partition coefficient (Wildman–Crippen LogP) is 3.56. The number of carbonyl (C=O) groups excluding carboxylic acids is 2. The summed E-state index contributed by atoms with van der Waals surface area (Å²) in [7, 11) is 0. The maximum absolute atomic E-state index is 13.5. The fourth-order valence-electron chi connectivity index (χ4n) is 5.79. The van der Waals surface area contributed by atoms with Gasteiger partial charge in [-0.2, -0.15) is 0 Å². The van der Waals surface area contributed by atoms with E-state index in [9.17, 15) is 9.59 Å². The lowest BCUT2D eigenvalue weighted by Crippen LogP contribution is -2.52. The summed E-state index contributed by atoms with van der Waals surface area (Å²) in [5.41, 5.74) is 2.86. The SMILES string of the molecule is CCOC(OCC)C1CCCN1C(=O)[C@@H]1CCCN1C(=O)CCC1Cc2ccccc2C1. The number of amides is 2. The van der Waals surface area contributed by atoms with Crippen molar-refractivity contribution < 1.29 is 19.1 Å². The van der Waals surface area contributed by atoms with E-state index in [2.05, 4.69) is 24.3 Å². The van der Waals surface area contributed by atoms with Gasteiger partial charge in [-0.1, -0.05) is 24.3 Å². The quantitative estimate of drug-likeness (QED) is 0.549. The van der Waals surface area contributed by atoms with Crippen LogP contribution in [0.15, 0.2) is 24.3 Å². The summed E-state index contributed by atoms with van der Waals surface area (Å²) in [6.07, 6.45) is 6.68.